The topological polar surface area (TPSA) is 66.0 Å². The Morgan fingerprint density at radius 2 is 1.78 bits per heavy atom. The van der Waals surface area contributed by atoms with Crippen LogP contribution in [0.2, 0.25) is 0 Å². The Labute approximate surface area is 136 Å². The van der Waals surface area contributed by atoms with E-state index in [0.717, 1.165) is 5.69 Å². The highest BCUT2D eigenvalue weighted by Crippen LogP contribution is 2.25. The molecule has 0 amide bonds. The van der Waals surface area contributed by atoms with Crippen LogP contribution in [0.3, 0.4) is 0 Å². The van der Waals surface area contributed by atoms with Gasteiger partial charge in [0.05, 0.1) is 6.20 Å². The van der Waals surface area contributed by atoms with Gasteiger partial charge in [0.2, 0.25) is 5.95 Å². The molecule has 1 saturated carbocycles. The average molecular weight is 310 g/mol. The Bertz CT molecular complexity index is 646. The van der Waals surface area contributed by atoms with Crippen LogP contribution in [0.1, 0.15) is 32.1 Å². The SMILES string of the molecule is c1cc(N2CCCCC2)ccc1Nc1cnnc(NC2CC2)n1. The van der Waals surface area contributed by atoms with Gasteiger partial charge in [-0.25, -0.2) is 0 Å². The summed E-state index contributed by atoms with van der Waals surface area (Å²) in [4.78, 5) is 6.91. The van der Waals surface area contributed by atoms with E-state index in [4.69, 9.17) is 0 Å². The van der Waals surface area contributed by atoms with Crippen molar-refractivity contribution in [1.82, 2.24) is 15.2 Å². The molecule has 23 heavy (non-hydrogen) atoms. The van der Waals surface area contributed by atoms with Crippen molar-refractivity contribution >= 4 is 23.1 Å². The second kappa shape index (κ2) is 6.40. The Kier molecular flexibility index (Phi) is 3.96. The van der Waals surface area contributed by atoms with Gasteiger partial charge in [0.15, 0.2) is 5.82 Å². The van der Waals surface area contributed by atoms with Crippen molar-refractivity contribution in [3.63, 3.8) is 0 Å². The van der Waals surface area contributed by atoms with Crippen LogP contribution >= 0.6 is 0 Å². The lowest BCUT2D eigenvalue weighted by Crippen LogP contribution is -2.29. The molecule has 2 N–H and O–H groups in total. The first-order valence-corrected chi connectivity index (χ1v) is 8.45. The van der Waals surface area contributed by atoms with E-state index < -0.39 is 0 Å². The molecule has 6 nitrogen and oxygen atoms in total. The number of rotatable bonds is 5. The van der Waals surface area contributed by atoms with Crippen molar-refractivity contribution in [1.29, 1.82) is 0 Å². The molecule has 2 heterocycles. The van der Waals surface area contributed by atoms with Crippen molar-refractivity contribution < 1.29 is 0 Å². The maximum absolute atomic E-state index is 4.45. The van der Waals surface area contributed by atoms with Crippen LogP contribution in [-0.4, -0.2) is 34.3 Å². The van der Waals surface area contributed by atoms with Gasteiger partial charge < -0.3 is 15.5 Å². The van der Waals surface area contributed by atoms with Gasteiger partial charge >= 0.3 is 0 Å². The molecule has 2 aliphatic rings. The lowest BCUT2D eigenvalue weighted by Gasteiger charge is -2.28. The number of benzene rings is 1. The van der Waals surface area contributed by atoms with Crippen molar-refractivity contribution in [2.24, 2.45) is 0 Å². The summed E-state index contributed by atoms with van der Waals surface area (Å²) in [5.74, 6) is 1.32. The third-order valence-electron chi connectivity index (χ3n) is 4.33. The molecule has 0 spiro atoms. The van der Waals surface area contributed by atoms with Gasteiger partial charge in [-0.1, -0.05) is 0 Å². The number of hydrogen-bond acceptors (Lipinski definition) is 6. The zero-order valence-corrected chi connectivity index (χ0v) is 13.2. The predicted molar refractivity (Wildman–Crippen MR) is 92.3 cm³/mol. The van der Waals surface area contributed by atoms with Crippen LogP contribution in [-0.2, 0) is 0 Å². The summed E-state index contributed by atoms with van der Waals surface area (Å²) in [5, 5.41) is 14.6. The van der Waals surface area contributed by atoms with Crippen LogP contribution in [0.4, 0.5) is 23.1 Å². The maximum Gasteiger partial charge on any atom is 0.244 e. The number of nitrogens with zero attached hydrogens (tertiary/aromatic N) is 4. The fraction of sp³-hybridized carbons (Fsp3) is 0.471. The molecule has 0 radical (unpaired) electrons. The van der Waals surface area contributed by atoms with Gasteiger partial charge in [-0.15, -0.1) is 5.10 Å². The highest BCUT2D eigenvalue weighted by molar-refractivity contribution is 5.61. The summed E-state index contributed by atoms with van der Waals surface area (Å²) >= 11 is 0. The third kappa shape index (κ3) is 3.70. The van der Waals surface area contributed by atoms with Gasteiger partial charge in [-0.05, 0) is 56.4 Å². The molecule has 1 aromatic carbocycles. The van der Waals surface area contributed by atoms with Crippen molar-refractivity contribution in [3.05, 3.63) is 30.5 Å². The van der Waals surface area contributed by atoms with E-state index in [-0.39, 0.29) is 0 Å². The van der Waals surface area contributed by atoms with E-state index >= 15 is 0 Å². The van der Waals surface area contributed by atoms with Crippen LogP contribution in [0, 0.1) is 0 Å². The summed E-state index contributed by atoms with van der Waals surface area (Å²) in [6.45, 7) is 2.33. The second-order valence-electron chi connectivity index (χ2n) is 6.30. The van der Waals surface area contributed by atoms with Crippen LogP contribution in [0.25, 0.3) is 0 Å². The molecule has 0 unspecified atom stereocenters. The van der Waals surface area contributed by atoms with E-state index in [1.165, 1.54) is 50.9 Å². The van der Waals surface area contributed by atoms with E-state index in [1.54, 1.807) is 6.20 Å². The quantitative estimate of drug-likeness (QED) is 0.884. The molecule has 1 aromatic heterocycles. The normalized spacial score (nSPS) is 17.8. The molecule has 120 valence electrons. The van der Waals surface area contributed by atoms with E-state index in [2.05, 4.69) is 55.0 Å². The summed E-state index contributed by atoms with van der Waals surface area (Å²) in [6, 6.07) is 9.06. The Morgan fingerprint density at radius 1 is 1.00 bits per heavy atom. The standard InChI is InChI=1S/C17H22N6/c1-2-10-23(11-3-1)15-8-6-13(7-9-15)19-16-12-18-22-17(21-16)20-14-4-5-14/h6-9,12,14H,1-5,10-11H2,(H2,19,20,21,22). The minimum Gasteiger partial charge on any atom is -0.372 e. The lowest BCUT2D eigenvalue weighted by atomic mass is 10.1. The zero-order chi connectivity index (χ0) is 15.5. The maximum atomic E-state index is 4.45. The number of aromatic nitrogens is 3. The smallest absolute Gasteiger partial charge is 0.244 e. The molecule has 2 aromatic rings. The first-order valence-electron chi connectivity index (χ1n) is 8.45. The van der Waals surface area contributed by atoms with Crippen LogP contribution < -0.4 is 15.5 Å². The Hall–Kier alpha value is -2.37. The second-order valence-corrected chi connectivity index (χ2v) is 6.30. The molecule has 0 bridgehead atoms. The Morgan fingerprint density at radius 3 is 2.52 bits per heavy atom. The van der Waals surface area contributed by atoms with Crippen molar-refractivity contribution in [3.8, 4) is 0 Å². The number of nitrogens with one attached hydrogen (secondary N) is 2. The summed E-state index contributed by atoms with van der Waals surface area (Å²) in [7, 11) is 0. The van der Waals surface area contributed by atoms with Crippen LogP contribution in [0.15, 0.2) is 30.5 Å². The fourth-order valence-electron chi connectivity index (χ4n) is 2.89. The molecular formula is C17H22N6. The van der Waals surface area contributed by atoms with Gasteiger partial charge in [0.25, 0.3) is 0 Å². The molecule has 2 fully saturated rings. The van der Waals surface area contributed by atoms with E-state index in [1.807, 2.05) is 0 Å². The fourth-order valence-corrected chi connectivity index (χ4v) is 2.89. The number of hydrogen-bond donors (Lipinski definition) is 2. The van der Waals surface area contributed by atoms with Crippen LogP contribution in [0.5, 0.6) is 0 Å². The molecule has 1 aliphatic heterocycles. The monoisotopic (exact) mass is 310 g/mol. The van der Waals surface area contributed by atoms with Crippen molar-refractivity contribution in [2.75, 3.05) is 28.6 Å². The zero-order valence-electron chi connectivity index (χ0n) is 13.2. The van der Waals surface area contributed by atoms with E-state index in [9.17, 15) is 0 Å². The highest BCUT2D eigenvalue weighted by Gasteiger charge is 2.22. The van der Waals surface area contributed by atoms with Gasteiger partial charge in [-0.3, -0.25) is 0 Å². The molecule has 1 aliphatic carbocycles. The number of anilines is 4. The molecule has 0 atom stereocenters. The average Bonchev–Trinajstić information content (AvgIpc) is 3.41. The Balaban J connectivity index is 1.41. The summed E-state index contributed by atoms with van der Waals surface area (Å²) in [6.07, 6.45) is 7.98. The highest BCUT2D eigenvalue weighted by atomic mass is 15.3. The lowest BCUT2D eigenvalue weighted by molar-refractivity contribution is 0.578. The summed E-state index contributed by atoms with van der Waals surface area (Å²) < 4.78 is 0. The first kappa shape index (κ1) is 14.2. The van der Waals surface area contributed by atoms with Gasteiger partial charge in [0.1, 0.15) is 0 Å². The molecule has 1 saturated heterocycles. The number of piperidine rings is 1. The van der Waals surface area contributed by atoms with Gasteiger partial charge in [0, 0.05) is 30.5 Å². The van der Waals surface area contributed by atoms with Gasteiger partial charge in [-0.2, -0.15) is 10.1 Å². The molecular weight excluding hydrogens is 288 g/mol. The molecule has 6 heteroatoms. The van der Waals surface area contributed by atoms with Crippen molar-refractivity contribution in [2.45, 2.75) is 38.1 Å². The third-order valence-corrected chi connectivity index (χ3v) is 4.33. The minimum absolute atomic E-state index is 0.524. The first-order chi connectivity index (χ1) is 11.4. The van der Waals surface area contributed by atoms with E-state index in [0.29, 0.717) is 17.8 Å². The minimum atomic E-state index is 0.524. The largest absolute Gasteiger partial charge is 0.372 e. The summed E-state index contributed by atoms with van der Waals surface area (Å²) in [5.41, 5.74) is 2.32. The molecule has 4 rings (SSSR count). The predicted octanol–water partition coefficient (Wildman–Crippen LogP) is 3.18.